The van der Waals surface area contributed by atoms with Crippen LogP contribution in [0.1, 0.15) is 16.7 Å². The summed E-state index contributed by atoms with van der Waals surface area (Å²) in [6.45, 7) is -0.150. The molecule has 0 aromatic heterocycles. The fraction of sp³-hybridized carbons (Fsp3) is 0.269. The zero-order chi connectivity index (χ0) is 26.1. The molecule has 0 aliphatic carbocycles. The van der Waals surface area contributed by atoms with Crippen LogP contribution in [0, 0.1) is 0 Å². The summed E-state index contributed by atoms with van der Waals surface area (Å²) in [4.78, 5) is 12.6. The second-order valence-electron chi connectivity index (χ2n) is 7.80. The van der Waals surface area contributed by atoms with E-state index in [-0.39, 0.29) is 34.3 Å². The predicted octanol–water partition coefficient (Wildman–Crippen LogP) is 2.91. The molecular formula is C26H30N2O7S. The van der Waals surface area contributed by atoms with Gasteiger partial charge in [0, 0.05) is 19.2 Å². The van der Waals surface area contributed by atoms with Gasteiger partial charge in [-0.25, -0.2) is 0 Å². The van der Waals surface area contributed by atoms with Crippen molar-refractivity contribution in [3.63, 3.8) is 0 Å². The molecule has 0 bridgehead atoms. The summed E-state index contributed by atoms with van der Waals surface area (Å²) in [5.74, 6) is 0.428. The number of carbonyl (C=O) groups is 1. The number of rotatable bonds is 12. The molecule has 10 heteroatoms. The Balaban J connectivity index is 1.73. The van der Waals surface area contributed by atoms with Gasteiger partial charge >= 0.3 is 10.1 Å². The third-order valence-electron chi connectivity index (χ3n) is 5.54. The number of aliphatic hydroxyl groups is 1. The maximum atomic E-state index is 12.8. The second-order valence-corrected chi connectivity index (χ2v) is 9.35. The van der Waals surface area contributed by atoms with Crippen LogP contribution in [0.4, 0.5) is 5.69 Å². The van der Waals surface area contributed by atoms with E-state index < -0.39 is 16.7 Å². The van der Waals surface area contributed by atoms with Gasteiger partial charge in [0.15, 0.2) is 11.5 Å². The third-order valence-corrected chi connectivity index (χ3v) is 6.78. The number of anilines is 1. The normalized spacial score (nSPS) is 11.0. The molecule has 0 saturated heterocycles. The average Bonchev–Trinajstić information content (AvgIpc) is 2.89. The number of hydrogen-bond acceptors (Lipinski definition) is 8. The van der Waals surface area contributed by atoms with Gasteiger partial charge in [-0.05, 0) is 47.9 Å². The van der Waals surface area contributed by atoms with Crippen molar-refractivity contribution in [3.05, 3.63) is 77.4 Å². The van der Waals surface area contributed by atoms with Gasteiger partial charge in [-0.15, -0.1) is 0 Å². The minimum absolute atomic E-state index is 0.0425. The van der Waals surface area contributed by atoms with Gasteiger partial charge in [-0.2, -0.15) is 8.42 Å². The topological polar surface area (TPSA) is 123 Å². The number of amides is 1. The summed E-state index contributed by atoms with van der Waals surface area (Å²) in [7, 11) is 0.586. The molecule has 36 heavy (non-hydrogen) atoms. The van der Waals surface area contributed by atoms with Gasteiger partial charge in [0.2, 0.25) is 5.91 Å². The maximum Gasteiger partial charge on any atom is 0.339 e. The van der Waals surface area contributed by atoms with E-state index in [0.717, 1.165) is 17.0 Å². The quantitative estimate of drug-likeness (QED) is 0.315. The van der Waals surface area contributed by atoms with Crippen molar-refractivity contribution in [2.45, 2.75) is 24.3 Å². The van der Waals surface area contributed by atoms with Crippen LogP contribution >= 0.6 is 0 Å². The van der Waals surface area contributed by atoms with E-state index >= 15 is 0 Å². The van der Waals surface area contributed by atoms with Crippen LogP contribution in [-0.4, -0.2) is 47.2 Å². The van der Waals surface area contributed by atoms with Crippen LogP contribution in [0.25, 0.3) is 0 Å². The Kier molecular flexibility index (Phi) is 9.15. The number of nitrogens with one attached hydrogen (secondary N) is 2. The standard InChI is InChI=1S/C26H30N2O7S/c1-27-22-15-18(9-11-23(22)33-2)13-14-28-25(30)16-19-10-12-24(34-3)26(21(19)17-29)35-36(31,32)20-7-5-4-6-8-20/h4-12,15,27,29H,13-14,16-17H2,1-3H3,(H,28,30). The van der Waals surface area contributed by atoms with E-state index in [1.54, 1.807) is 38.4 Å². The molecule has 3 N–H and O–H groups in total. The summed E-state index contributed by atoms with van der Waals surface area (Å²) in [5.41, 5.74) is 2.46. The molecule has 0 saturated carbocycles. The third kappa shape index (κ3) is 6.46. The fourth-order valence-corrected chi connectivity index (χ4v) is 4.66. The SMILES string of the molecule is CNc1cc(CCNC(=O)Cc2ccc(OC)c(OS(=O)(=O)c3ccccc3)c2CO)ccc1OC. The van der Waals surface area contributed by atoms with Crippen molar-refractivity contribution in [1.82, 2.24) is 5.32 Å². The number of methoxy groups -OCH3 is 2. The lowest BCUT2D eigenvalue weighted by atomic mass is 10.0. The van der Waals surface area contributed by atoms with Gasteiger partial charge in [0.1, 0.15) is 10.6 Å². The Morgan fingerprint density at radius 1 is 0.972 bits per heavy atom. The van der Waals surface area contributed by atoms with E-state index in [2.05, 4.69) is 10.6 Å². The van der Waals surface area contributed by atoms with Gasteiger partial charge in [-0.1, -0.05) is 30.3 Å². The smallest absolute Gasteiger partial charge is 0.339 e. The fourth-order valence-electron chi connectivity index (χ4n) is 3.67. The summed E-state index contributed by atoms with van der Waals surface area (Å²) in [6, 6.07) is 16.5. The van der Waals surface area contributed by atoms with Gasteiger partial charge < -0.3 is 29.4 Å². The summed E-state index contributed by atoms with van der Waals surface area (Å²) >= 11 is 0. The van der Waals surface area contributed by atoms with Crippen LogP contribution in [0.3, 0.4) is 0 Å². The Labute approximate surface area is 211 Å². The molecule has 192 valence electrons. The molecule has 0 aliphatic rings. The van der Waals surface area contributed by atoms with Crippen LogP contribution in [0.15, 0.2) is 65.6 Å². The molecule has 0 radical (unpaired) electrons. The first-order valence-corrected chi connectivity index (χ1v) is 12.6. The molecule has 0 aliphatic heterocycles. The van der Waals surface area contributed by atoms with Crippen molar-refractivity contribution in [1.29, 1.82) is 0 Å². The minimum atomic E-state index is -4.19. The predicted molar refractivity (Wildman–Crippen MR) is 136 cm³/mol. The van der Waals surface area contributed by atoms with Crippen molar-refractivity contribution in [3.8, 4) is 17.2 Å². The molecular weight excluding hydrogens is 484 g/mol. The highest BCUT2D eigenvalue weighted by Gasteiger charge is 2.24. The Hall–Kier alpha value is -3.76. The van der Waals surface area contributed by atoms with E-state index in [9.17, 15) is 18.3 Å². The molecule has 9 nitrogen and oxygen atoms in total. The first-order valence-electron chi connectivity index (χ1n) is 11.2. The zero-order valence-corrected chi connectivity index (χ0v) is 21.2. The van der Waals surface area contributed by atoms with Gasteiger partial charge in [-0.3, -0.25) is 4.79 Å². The van der Waals surface area contributed by atoms with Gasteiger partial charge in [0.25, 0.3) is 0 Å². The molecule has 0 unspecified atom stereocenters. The van der Waals surface area contributed by atoms with E-state index in [1.165, 1.54) is 25.3 Å². The van der Waals surface area contributed by atoms with Gasteiger partial charge in [0.05, 0.1) is 32.9 Å². The molecule has 0 spiro atoms. The Bertz CT molecular complexity index is 1300. The molecule has 0 fully saturated rings. The summed E-state index contributed by atoms with van der Waals surface area (Å²) < 4.78 is 41.5. The Morgan fingerprint density at radius 2 is 1.67 bits per heavy atom. The highest BCUT2D eigenvalue weighted by atomic mass is 32.2. The minimum Gasteiger partial charge on any atom is -0.495 e. The number of hydrogen-bond donors (Lipinski definition) is 3. The van der Waals surface area contributed by atoms with Crippen LogP contribution in [0.2, 0.25) is 0 Å². The summed E-state index contributed by atoms with van der Waals surface area (Å²) in [6.07, 6.45) is 0.523. The first-order chi connectivity index (χ1) is 17.3. The molecule has 0 atom stereocenters. The van der Waals surface area contributed by atoms with Crippen molar-refractivity contribution >= 4 is 21.7 Å². The van der Waals surface area contributed by atoms with Crippen LogP contribution < -0.4 is 24.3 Å². The molecule has 0 heterocycles. The van der Waals surface area contributed by atoms with E-state index in [1.807, 2.05) is 18.2 Å². The lowest BCUT2D eigenvalue weighted by molar-refractivity contribution is -0.120. The summed E-state index contributed by atoms with van der Waals surface area (Å²) in [5, 5.41) is 16.0. The maximum absolute atomic E-state index is 12.8. The average molecular weight is 515 g/mol. The van der Waals surface area contributed by atoms with Crippen LogP contribution in [-0.2, 0) is 34.4 Å². The highest BCUT2D eigenvalue weighted by molar-refractivity contribution is 7.87. The number of carbonyl (C=O) groups excluding carboxylic acids is 1. The lowest BCUT2D eigenvalue weighted by Gasteiger charge is -2.17. The largest absolute Gasteiger partial charge is 0.495 e. The number of ether oxygens (including phenoxy) is 2. The molecule has 3 aromatic carbocycles. The molecule has 3 aromatic rings. The molecule has 1 amide bonds. The van der Waals surface area contributed by atoms with Crippen LogP contribution in [0.5, 0.6) is 17.2 Å². The van der Waals surface area contributed by atoms with E-state index in [0.29, 0.717) is 18.5 Å². The number of benzene rings is 3. The van der Waals surface area contributed by atoms with Crippen molar-refractivity contribution in [2.24, 2.45) is 0 Å². The molecule has 3 rings (SSSR count). The first kappa shape index (κ1) is 26.8. The van der Waals surface area contributed by atoms with Crippen molar-refractivity contribution < 1.29 is 32.0 Å². The van der Waals surface area contributed by atoms with E-state index in [4.69, 9.17) is 13.7 Å². The zero-order valence-electron chi connectivity index (χ0n) is 20.4. The van der Waals surface area contributed by atoms with Crippen molar-refractivity contribution in [2.75, 3.05) is 33.1 Å². The monoisotopic (exact) mass is 514 g/mol. The highest BCUT2D eigenvalue weighted by Crippen LogP contribution is 2.36. The Morgan fingerprint density at radius 3 is 2.31 bits per heavy atom. The number of aliphatic hydroxyl groups excluding tert-OH is 1. The second kappa shape index (κ2) is 12.3. The lowest BCUT2D eigenvalue weighted by Crippen LogP contribution is -2.27.